The Balaban J connectivity index is 0. The van der Waals surface area contributed by atoms with Crippen LogP contribution in [0.15, 0.2) is 0 Å². The molecule has 2 radical (unpaired) electrons. The van der Waals surface area contributed by atoms with Crippen LogP contribution in [0.1, 0.15) is 22.3 Å². The first kappa shape index (κ1) is 51.3. The first-order chi connectivity index (χ1) is 0. The molecule has 0 aliphatic rings. The van der Waals surface area contributed by atoms with E-state index in [1.807, 2.05) is 0 Å². The zero-order valence-corrected chi connectivity index (χ0v) is 4.11. The van der Waals surface area contributed by atoms with Gasteiger partial charge < -0.3 is 0 Å². The molecular formula is C3H12Tm2. The van der Waals surface area contributed by atoms with E-state index in [0.29, 0.717) is 0 Å². The van der Waals surface area contributed by atoms with Crippen LogP contribution in [-0.4, -0.2) is 0 Å². The summed E-state index contributed by atoms with van der Waals surface area (Å²) in [6, 6.07) is 0. The zero-order chi connectivity index (χ0) is 0. The molecule has 0 fully saturated rings. The summed E-state index contributed by atoms with van der Waals surface area (Å²) in [6.07, 6.45) is 0. The summed E-state index contributed by atoms with van der Waals surface area (Å²) in [5.74, 6) is 0. The predicted molar refractivity (Wildman–Crippen MR) is 20.2 cm³/mol. The third kappa shape index (κ3) is 21.2. The third-order valence-electron chi connectivity index (χ3n) is 0. The van der Waals surface area contributed by atoms with E-state index in [1.165, 1.54) is 0 Å². The number of rotatable bonds is 0. The Morgan fingerprint density at radius 2 is 0.400 bits per heavy atom. The van der Waals surface area contributed by atoms with Gasteiger partial charge in [-0.25, -0.2) is 0 Å². The van der Waals surface area contributed by atoms with Gasteiger partial charge in [-0.1, -0.05) is 22.3 Å². The van der Waals surface area contributed by atoms with Crippen LogP contribution < -0.4 is 0 Å². The second-order valence-electron chi connectivity index (χ2n) is 0. The van der Waals surface area contributed by atoms with E-state index in [2.05, 4.69) is 0 Å². The molecule has 0 unspecified atom stereocenters. The Bertz CT molecular complexity index is 4.85. The molecule has 0 amide bonds. The third-order valence-corrected chi connectivity index (χ3v) is 0. The fraction of sp³-hybridized carbons (Fsp3) is 1.00. The molecule has 0 rings (SSSR count). The quantitative estimate of drug-likeness (QED) is 0.597. The molecule has 0 aromatic heterocycles. The summed E-state index contributed by atoms with van der Waals surface area (Å²) in [6.45, 7) is 0. The van der Waals surface area contributed by atoms with E-state index in [1.54, 1.807) is 0 Å². The Morgan fingerprint density at radius 3 is 0.400 bits per heavy atom. The van der Waals surface area contributed by atoms with Gasteiger partial charge in [-0.05, 0) is 0 Å². The van der Waals surface area contributed by atoms with Crippen molar-refractivity contribution in [1.29, 1.82) is 0 Å². The minimum atomic E-state index is 0. The molecule has 0 aliphatic heterocycles. The molecule has 2 heteroatoms. The normalized spacial score (nSPS) is 0. The van der Waals surface area contributed by atoms with Crippen molar-refractivity contribution in [1.82, 2.24) is 0 Å². The second kappa shape index (κ2) is 31.8. The van der Waals surface area contributed by atoms with Crippen LogP contribution >= 0.6 is 0 Å². The van der Waals surface area contributed by atoms with E-state index in [4.69, 9.17) is 0 Å². The van der Waals surface area contributed by atoms with Crippen LogP contribution in [-0.2, 0) is 0 Å². The summed E-state index contributed by atoms with van der Waals surface area (Å²) in [5, 5.41) is 0. The van der Waals surface area contributed by atoms with Crippen molar-refractivity contribution in [3.8, 4) is 0 Å². The van der Waals surface area contributed by atoms with E-state index < -0.39 is 0 Å². The molecule has 0 nitrogen and oxygen atoms in total. The van der Waals surface area contributed by atoms with Gasteiger partial charge in [0.05, 0.1) is 0 Å². The molecule has 0 aliphatic carbocycles. The van der Waals surface area contributed by atoms with Gasteiger partial charge in [0.25, 0.3) is 0 Å². The van der Waals surface area contributed by atoms with Crippen LogP contribution in [0, 0.1) is 73.7 Å². The van der Waals surface area contributed by atoms with Crippen molar-refractivity contribution in [2.45, 2.75) is 22.3 Å². The summed E-state index contributed by atoms with van der Waals surface area (Å²) in [4.78, 5) is 0. The topological polar surface area (TPSA) is 0 Å². The van der Waals surface area contributed by atoms with Crippen LogP contribution in [0.3, 0.4) is 0 Å². The molecule has 5 heavy (non-hydrogen) atoms. The average molecular weight is 386 g/mol. The van der Waals surface area contributed by atoms with Crippen LogP contribution in [0.5, 0.6) is 0 Å². The summed E-state index contributed by atoms with van der Waals surface area (Å²) in [5.41, 5.74) is 0. The Morgan fingerprint density at radius 1 is 0.400 bits per heavy atom. The Kier molecular flexibility index (Phi) is 326. The minimum absolute atomic E-state index is 0. The van der Waals surface area contributed by atoms with Crippen molar-refractivity contribution < 1.29 is 73.7 Å². The molecule has 50 valence electrons. The monoisotopic (exact) mass is 386 g/mol. The largest absolute Gasteiger partial charge is 0.0776 e. The molecule has 0 heterocycles. The summed E-state index contributed by atoms with van der Waals surface area (Å²) >= 11 is 0. The van der Waals surface area contributed by atoms with E-state index in [0.717, 1.165) is 0 Å². The fourth-order valence-corrected chi connectivity index (χ4v) is 0. The summed E-state index contributed by atoms with van der Waals surface area (Å²) in [7, 11) is 0. The number of hydrogen-bond donors (Lipinski definition) is 0. The van der Waals surface area contributed by atoms with E-state index in [-0.39, 0.29) is 96.0 Å². The molecule has 0 atom stereocenters. The molecule has 0 saturated heterocycles. The van der Waals surface area contributed by atoms with Gasteiger partial charge in [-0.2, -0.15) is 0 Å². The molecule has 0 N–H and O–H groups in total. The maximum Gasteiger partial charge on any atom is 0 e. The maximum atomic E-state index is 0. The predicted octanol–water partition coefficient (Wildman–Crippen LogP) is 1.91. The SMILES string of the molecule is C.C.C.[Tm].[Tm]. The van der Waals surface area contributed by atoms with Crippen molar-refractivity contribution >= 4 is 0 Å². The van der Waals surface area contributed by atoms with Crippen LogP contribution in [0.2, 0.25) is 0 Å². The van der Waals surface area contributed by atoms with Crippen LogP contribution in [0.25, 0.3) is 0 Å². The van der Waals surface area contributed by atoms with Gasteiger partial charge in [0.2, 0.25) is 0 Å². The maximum absolute atomic E-state index is 0. The molecule has 0 saturated carbocycles. The minimum Gasteiger partial charge on any atom is -0.0776 e. The van der Waals surface area contributed by atoms with Gasteiger partial charge in [-0.15, -0.1) is 0 Å². The first-order valence-corrected chi connectivity index (χ1v) is 0. The summed E-state index contributed by atoms with van der Waals surface area (Å²) < 4.78 is 0. The van der Waals surface area contributed by atoms with Gasteiger partial charge in [0.1, 0.15) is 0 Å². The first-order valence-electron chi connectivity index (χ1n) is 0. The van der Waals surface area contributed by atoms with Crippen molar-refractivity contribution in [3.05, 3.63) is 0 Å². The molecule has 0 aromatic rings. The van der Waals surface area contributed by atoms with Crippen LogP contribution in [0.4, 0.5) is 0 Å². The standard InChI is InChI=1S/3CH4.2Tm/h3*1H4;;. The van der Waals surface area contributed by atoms with Gasteiger partial charge in [0, 0.05) is 73.7 Å². The van der Waals surface area contributed by atoms with Gasteiger partial charge in [-0.3, -0.25) is 0 Å². The second-order valence-corrected chi connectivity index (χ2v) is 0. The zero-order valence-electron chi connectivity index (χ0n) is 0.555. The molecule has 0 spiro atoms. The molecule has 0 aromatic carbocycles. The van der Waals surface area contributed by atoms with Crippen molar-refractivity contribution in [2.24, 2.45) is 0 Å². The van der Waals surface area contributed by atoms with E-state index in [9.17, 15) is 0 Å². The Labute approximate surface area is 94.1 Å². The van der Waals surface area contributed by atoms with E-state index >= 15 is 0 Å². The van der Waals surface area contributed by atoms with Crippen molar-refractivity contribution in [3.63, 3.8) is 0 Å². The molecule has 0 bridgehead atoms. The van der Waals surface area contributed by atoms with Gasteiger partial charge in [0.15, 0.2) is 0 Å². The Hall–Kier alpha value is 2.47. The smallest absolute Gasteiger partial charge is 0 e. The average Bonchev–Trinajstić information content (AvgIpc) is 0. The fourth-order valence-electron chi connectivity index (χ4n) is 0. The van der Waals surface area contributed by atoms with Crippen molar-refractivity contribution in [2.75, 3.05) is 0 Å². The number of hydrogen-bond acceptors (Lipinski definition) is 0. The molecular weight excluding hydrogens is 374 g/mol. The van der Waals surface area contributed by atoms with Gasteiger partial charge >= 0.3 is 0 Å².